The molecule has 0 aromatic carbocycles. The van der Waals surface area contributed by atoms with Gasteiger partial charge < -0.3 is 0 Å². The van der Waals surface area contributed by atoms with Crippen LogP contribution in [0.1, 0.15) is 19.8 Å². The number of hydrogen-bond acceptors (Lipinski definition) is 0. The van der Waals surface area contributed by atoms with Crippen LogP contribution in [0.4, 0.5) is 17.6 Å². The number of hydrogen-bond donors (Lipinski definition) is 0. The fourth-order valence-electron chi connectivity index (χ4n) is 0.370. The Morgan fingerprint density at radius 2 is 1.78 bits per heavy atom. The molecule has 0 rings (SSSR count). The minimum Gasteiger partial charge on any atom is -0.210 e. The lowest BCUT2D eigenvalue weighted by Crippen LogP contribution is -2.18. The Balaban J connectivity index is 3.58. The molecule has 0 aliphatic heterocycles. The van der Waals surface area contributed by atoms with Crippen molar-refractivity contribution in [3.63, 3.8) is 0 Å². The van der Waals surface area contributed by atoms with Crippen molar-refractivity contribution < 1.29 is 17.6 Å². The van der Waals surface area contributed by atoms with Gasteiger partial charge in [0.1, 0.15) is 0 Å². The molecule has 0 aromatic rings. The second-order valence-corrected chi connectivity index (χ2v) is 1.80. The van der Waals surface area contributed by atoms with Crippen LogP contribution < -0.4 is 0 Å². The second-order valence-electron chi connectivity index (χ2n) is 1.80. The van der Waals surface area contributed by atoms with Crippen molar-refractivity contribution in [3.05, 3.63) is 0 Å². The fourth-order valence-corrected chi connectivity index (χ4v) is 0.370. The van der Waals surface area contributed by atoms with Gasteiger partial charge in [-0.2, -0.15) is 0 Å². The zero-order chi connectivity index (χ0) is 7.49. The molecule has 0 aromatic heterocycles. The van der Waals surface area contributed by atoms with E-state index in [1.165, 1.54) is 6.92 Å². The van der Waals surface area contributed by atoms with E-state index in [0.717, 1.165) is 0 Å². The Bertz CT molecular complexity index is 79.0. The lowest BCUT2D eigenvalue weighted by atomic mass is 10.2. The van der Waals surface area contributed by atoms with Crippen molar-refractivity contribution in [1.82, 2.24) is 0 Å². The molecule has 0 saturated heterocycles. The van der Waals surface area contributed by atoms with Crippen LogP contribution >= 0.6 is 0 Å². The molecule has 56 valence electrons. The molecule has 0 unspecified atom stereocenters. The fraction of sp³-hybridized carbons (Fsp3) is 1.00. The molecule has 0 saturated carbocycles. The Morgan fingerprint density at radius 1 is 1.33 bits per heavy atom. The number of alkyl halides is 4. The van der Waals surface area contributed by atoms with Crippen LogP contribution in [-0.4, -0.2) is 12.3 Å². The van der Waals surface area contributed by atoms with Gasteiger partial charge in [0, 0.05) is 6.42 Å². The highest BCUT2D eigenvalue weighted by molar-refractivity contribution is 4.63. The Hall–Kier alpha value is -0.280. The zero-order valence-corrected chi connectivity index (χ0v) is 5.00. The molecule has 0 amide bonds. The van der Waals surface area contributed by atoms with Gasteiger partial charge in [-0.15, -0.1) is 0 Å². The first-order valence-electron chi connectivity index (χ1n) is 2.64. The summed E-state index contributed by atoms with van der Waals surface area (Å²) in [6.45, 7) is 1.18. The Labute approximate surface area is 50.9 Å². The average Bonchev–Trinajstić information content (AvgIpc) is 1.63. The summed E-state index contributed by atoms with van der Waals surface area (Å²) in [5.41, 5.74) is 0. The first kappa shape index (κ1) is 8.72. The van der Waals surface area contributed by atoms with Crippen molar-refractivity contribution in [2.24, 2.45) is 0 Å². The molecule has 0 nitrogen and oxygen atoms in total. The highest BCUT2D eigenvalue weighted by atomic mass is 19.3. The minimum atomic E-state index is -3.19. The standard InChI is InChI=1S/C5H8F4/c1-2-5(8,9)3-4(6)7/h4H,2-3H2,1H3. The van der Waals surface area contributed by atoms with Gasteiger partial charge in [-0.3, -0.25) is 0 Å². The van der Waals surface area contributed by atoms with Crippen LogP contribution in [0.5, 0.6) is 0 Å². The molecule has 0 atom stereocenters. The topological polar surface area (TPSA) is 0 Å². The van der Waals surface area contributed by atoms with Crippen molar-refractivity contribution >= 4 is 0 Å². The molecule has 0 fully saturated rings. The summed E-state index contributed by atoms with van der Waals surface area (Å²) < 4.78 is 46.3. The normalized spacial score (nSPS) is 12.7. The molecule has 9 heavy (non-hydrogen) atoms. The van der Waals surface area contributed by atoms with E-state index in [4.69, 9.17) is 0 Å². The molecule has 4 heteroatoms. The number of rotatable bonds is 3. The summed E-state index contributed by atoms with van der Waals surface area (Å²) in [7, 11) is 0. The predicted octanol–water partition coefficient (Wildman–Crippen LogP) is 2.69. The average molecular weight is 144 g/mol. The quantitative estimate of drug-likeness (QED) is 0.534. The largest absolute Gasteiger partial charge is 0.253 e. The van der Waals surface area contributed by atoms with Gasteiger partial charge in [0.25, 0.3) is 5.92 Å². The van der Waals surface area contributed by atoms with Crippen molar-refractivity contribution in [1.29, 1.82) is 0 Å². The zero-order valence-electron chi connectivity index (χ0n) is 5.00. The maximum Gasteiger partial charge on any atom is 0.253 e. The predicted molar refractivity (Wildman–Crippen MR) is 25.9 cm³/mol. The van der Waals surface area contributed by atoms with Gasteiger partial charge in [-0.05, 0) is 0 Å². The van der Waals surface area contributed by atoms with Gasteiger partial charge in [0.2, 0.25) is 6.43 Å². The smallest absolute Gasteiger partial charge is 0.210 e. The number of halogens is 4. The first-order valence-corrected chi connectivity index (χ1v) is 2.64. The summed E-state index contributed by atoms with van der Waals surface area (Å²) in [5.74, 6) is -3.19. The van der Waals surface area contributed by atoms with Crippen LogP contribution in [-0.2, 0) is 0 Å². The molecule has 0 bridgehead atoms. The summed E-state index contributed by atoms with van der Waals surface area (Å²) in [5, 5.41) is 0. The monoisotopic (exact) mass is 144 g/mol. The van der Waals surface area contributed by atoms with Gasteiger partial charge >= 0.3 is 0 Å². The van der Waals surface area contributed by atoms with Gasteiger partial charge in [-0.1, -0.05) is 6.92 Å². The molecule has 0 radical (unpaired) electrons. The van der Waals surface area contributed by atoms with Crippen LogP contribution in [0.2, 0.25) is 0 Å². The lowest BCUT2D eigenvalue weighted by molar-refractivity contribution is -0.0562. The van der Waals surface area contributed by atoms with E-state index in [2.05, 4.69) is 0 Å². The molecule has 0 heterocycles. The third-order valence-corrected chi connectivity index (χ3v) is 0.970. The SMILES string of the molecule is CCC(F)(F)CC(F)F. The third-order valence-electron chi connectivity index (χ3n) is 0.970. The Kier molecular flexibility index (Phi) is 2.94. The van der Waals surface area contributed by atoms with Crippen molar-refractivity contribution in [2.75, 3.05) is 0 Å². The molecular formula is C5H8F4. The third kappa shape index (κ3) is 4.24. The minimum absolute atomic E-state index is 0.517. The van der Waals surface area contributed by atoms with E-state index in [-0.39, 0.29) is 0 Å². The Morgan fingerprint density at radius 3 is 1.89 bits per heavy atom. The van der Waals surface area contributed by atoms with Gasteiger partial charge in [0.15, 0.2) is 0 Å². The van der Waals surface area contributed by atoms with E-state index in [0.29, 0.717) is 0 Å². The lowest BCUT2D eigenvalue weighted by Gasteiger charge is -2.11. The molecule has 0 spiro atoms. The van der Waals surface area contributed by atoms with Gasteiger partial charge in [-0.25, -0.2) is 17.6 Å². The molecule has 0 N–H and O–H groups in total. The van der Waals surface area contributed by atoms with Crippen LogP contribution in [0.25, 0.3) is 0 Å². The van der Waals surface area contributed by atoms with E-state index in [1.807, 2.05) is 0 Å². The summed E-state index contributed by atoms with van der Waals surface area (Å²) in [4.78, 5) is 0. The van der Waals surface area contributed by atoms with E-state index in [1.54, 1.807) is 0 Å². The highest BCUT2D eigenvalue weighted by Gasteiger charge is 2.30. The van der Waals surface area contributed by atoms with Crippen molar-refractivity contribution in [2.45, 2.75) is 32.1 Å². The van der Waals surface area contributed by atoms with Crippen LogP contribution in [0.3, 0.4) is 0 Å². The van der Waals surface area contributed by atoms with E-state index in [9.17, 15) is 17.6 Å². The van der Waals surface area contributed by atoms with Crippen LogP contribution in [0.15, 0.2) is 0 Å². The maximum atomic E-state index is 11.9. The first-order chi connectivity index (χ1) is 3.98. The second kappa shape index (κ2) is 3.03. The molecule has 0 aliphatic rings. The van der Waals surface area contributed by atoms with Gasteiger partial charge in [0.05, 0.1) is 6.42 Å². The highest BCUT2D eigenvalue weighted by Crippen LogP contribution is 2.25. The molecule has 0 aliphatic carbocycles. The summed E-state index contributed by atoms with van der Waals surface area (Å²) >= 11 is 0. The van der Waals surface area contributed by atoms with E-state index < -0.39 is 25.2 Å². The van der Waals surface area contributed by atoms with Crippen molar-refractivity contribution in [3.8, 4) is 0 Å². The summed E-state index contributed by atoms with van der Waals surface area (Å²) in [6.07, 6.45) is -4.74. The van der Waals surface area contributed by atoms with Crippen LogP contribution in [0, 0.1) is 0 Å². The molecular weight excluding hydrogens is 136 g/mol. The summed E-state index contributed by atoms with van der Waals surface area (Å²) in [6, 6.07) is 0. The maximum absolute atomic E-state index is 11.9. The van der Waals surface area contributed by atoms with E-state index >= 15 is 0 Å².